The van der Waals surface area contributed by atoms with E-state index in [1.807, 2.05) is 29.2 Å². The Balaban J connectivity index is 1.64. The number of hydrogen-bond acceptors (Lipinski definition) is 4. The van der Waals surface area contributed by atoms with E-state index in [9.17, 15) is 9.59 Å². The van der Waals surface area contributed by atoms with Crippen LogP contribution in [0.3, 0.4) is 0 Å². The van der Waals surface area contributed by atoms with Crippen LogP contribution >= 0.6 is 0 Å². The summed E-state index contributed by atoms with van der Waals surface area (Å²) in [5.74, 6) is 1.22. The molecule has 0 spiro atoms. The van der Waals surface area contributed by atoms with Gasteiger partial charge in [-0.15, -0.1) is 0 Å². The predicted molar refractivity (Wildman–Crippen MR) is 110 cm³/mol. The molecule has 1 saturated carbocycles. The van der Waals surface area contributed by atoms with E-state index in [1.165, 1.54) is 12.8 Å². The van der Waals surface area contributed by atoms with Crippen molar-refractivity contribution in [3.63, 3.8) is 0 Å². The van der Waals surface area contributed by atoms with Gasteiger partial charge in [0.1, 0.15) is 5.75 Å². The van der Waals surface area contributed by atoms with Crippen LogP contribution in [0.15, 0.2) is 24.3 Å². The molecule has 0 radical (unpaired) electrons. The first-order chi connectivity index (χ1) is 13.7. The number of methoxy groups -OCH3 is 1. The Morgan fingerprint density at radius 2 is 1.82 bits per heavy atom. The van der Waals surface area contributed by atoms with E-state index in [0.29, 0.717) is 30.3 Å². The fourth-order valence-corrected chi connectivity index (χ4v) is 4.50. The number of benzene rings is 1. The Morgan fingerprint density at radius 3 is 2.46 bits per heavy atom. The second kappa shape index (κ2) is 9.92. The minimum atomic E-state index is -0.0578. The summed E-state index contributed by atoms with van der Waals surface area (Å²) in [6.45, 7) is 5.56. The highest BCUT2D eigenvalue weighted by Gasteiger charge is 2.37. The van der Waals surface area contributed by atoms with Crippen molar-refractivity contribution in [1.29, 1.82) is 0 Å². The van der Waals surface area contributed by atoms with Gasteiger partial charge in [0.25, 0.3) is 5.91 Å². The molecule has 1 saturated heterocycles. The highest BCUT2D eigenvalue weighted by atomic mass is 16.5. The molecule has 2 aliphatic rings. The van der Waals surface area contributed by atoms with Gasteiger partial charge in [-0.25, -0.2) is 0 Å². The van der Waals surface area contributed by atoms with E-state index in [4.69, 9.17) is 4.74 Å². The van der Waals surface area contributed by atoms with E-state index in [1.54, 1.807) is 7.11 Å². The molecule has 1 aliphatic carbocycles. The minimum Gasteiger partial charge on any atom is -0.496 e. The van der Waals surface area contributed by atoms with Crippen molar-refractivity contribution in [1.82, 2.24) is 15.1 Å². The summed E-state index contributed by atoms with van der Waals surface area (Å²) in [5.41, 5.74) is 0.603. The summed E-state index contributed by atoms with van der Waals surface area (Å²) < 4.78 is 5.34. The van der Waals surface area contributed by atoms with Gasteiger partial charge in [-0.1, -0.05) is 31.9 Å². The fourth-order valence-electron chi connectivity index (χ4n) is 4.50. The predicted octanol–water partition coefficient (Wildman–Crippen LogP) is 2.54. The molecular formula is C22H33N3O3. The Labute approximate surface area is 168 Å². The quantitative estimate of drug-likeness (QED) is 0.781. The Bertz CT molecular complexity index is 665. The standard InChI is InChI=1S/C22H33N3O3/c1-3-12-23-21(26)20(17-8-4-5-9-17)24-13-15-25(16-14-24)22(27)18-10-6-7-11-19(18)28-2/h6-7,10-11,17,20H,3-5,8-9,12-16H2,1-2H3,(H,23,26)/t20-/m1/s1. The van der Waals surface area contributed by atoms with Crippen LogP contribution in [0.4, 0.5) is 0 Å². The SMILES string of the molecule is CCCNC(=O)[C@@H](C1CCCC1)N1CCN(C(=O)c2ccccc2OC)CC1. The van der Waals surface area contributed by atoms with Gasteiger partial charge in [-0.3, -0.25) is 14.5 Å². The smallest absolute Gasteiger partial charge is 0.257 e. The lowest BCUT2D eigenvalue weighted by molar-refractivity contribution is -0.129. The number of rotatable bonds is 7. The van der Waals surface area contributed by atoms with E-state index in [2.05, 4.69) is 17.1 Å². The normalized spacial score (nSPS) is 19.4. The van der Waals surface area contributed by atoms with E-state index < -0.39 is 0 Å². The highest BCUT2D eigenvalue weighted by molar-refractivity contribution is 5.97. The maximum Gasteiger partial charge on any atom is 0.257 e. The number of hydrogen-bond donors (Lipinski definition) is 1. The number of carbonyl (C=O) groups is 2. The number of amides is 2. The van der Waals surface area contributed by atoms with E-state index in [0.717, 1.165) is 38.9 Å². The van der Waals surface area contributed by atoms with Crippen LogP contribution in [0, 0.1) is 5.92 Å². The van der Waals surface area contributed by atoms with Gasteiger partial charge in [-0.05, 0) is 37.3 Å². The van der Waals surface area contributed by atoms with Crippen molar-refractivity contribution >= 4 is 11.8 Å². The maximum absolute atomic E-state index is 12.9. The van der Waals surface area contributed by atoms with Gasteiger partial charge in [-0.2, -0.15) is 0 Å². The molecule has 154 valence electrons. The number of nitrogens with one attached hydrogen (secondary N) is 1. The van der Waals surface area contributed by atoms with Crippen molar-refractivity contribution in [3.8, 4) is 5.75 Å². The summed E-state index contributed by atoms with van der Waals surface area (Å²) in [6, 6.07) is 7.30. The van der Waals surface area contributed by atoms with Crippen LogP contribution in [0.1, 0.15) is 49.4 Å². The molecule has 1 heterocycles. The largest absolute Gasteiger partial charge is 0.496 e. The third kappa shape index (κ3) is 4.66. The summed E-state index contributed by atoms with van der Waals surface area (Å²) in [5, 5.41) is 3.10. The summed E-state index contributed by atoms with van der Waals surface area (Å²) in [7, 11) is 1.59. The van der Waals surface area contributed by atoms with Crippen molar-refractivity contribution in [3.05, 3.63) is 29.8 Å². The van der Waals surface area contributed by atoms with Gasteiger partial charge in [0, 0.05) is 32.7 Å². The molecule has 2 amide bonds. The molecule has 0 aromatic heterocycles. The van der Waals surface area contributed by atoms with Gasteiger partial charge in [0.05, 0.1) is 18.7 Å². The van der Waals surface area contributed by atoms with E-state index in [-0.39, 0.29) is 17.9 Å². The van der Waals surface area contributed by atoms with Crippen LogP contribution in [0.25, 0.3) is 0 Å². The third-order valence-corrected chi connectivity index (χ3v) is 6.00. The topological polar surface area (TPSA) is 61.9 Å². The molecule has 3 rings (SSSR count). The second-order valence-corrected chi connectivity index (χ2v) is 7.81. The zero-order valence-electron chi connectivity index (χ0n) is 17.2. The van der Waals surface area contributed by atoms with E-state index >= 15 is 0 Å². The molecule has 28 heavy (non-hydrogen) atoms. The van der Waals surface area contributed by atoms with Crippen molar-refractivity contribution in [2.75, 3.05) is 39.8 Å². The molecule has 6 heteroatoms. The Morgan fingerprint density at radius 1 is 1.14 bits per heavy atom. The number of piperazine rings is 1. The first-order valence-electron chi connectivity index (χ1n) is 10.6. The fraction of sp³-hybridized carbons (Fsp3) is 0.636. The van der Waals surface area contributed by atoms with Gasteiger partial charge >= 0.3 is 0 Å². The first-order valence-corrected chi connectivity index (χ1v) is 10.6. The number of carbonyl (C=O) groups excluding carboxylic acids is 2. The van der Waals surface area contributed by atoms with Crippen LogP contribution in [-0.4, -0.2) is 67.5 Å². The molecule has 0 bridgehead atoms. The molecule has 1 aromatic carbocycles. The number of para-hydroxylation sites is 1. The van der Waals surface area contributed by atoms with Crippen LogP contribution in [-0.2, 0) is 4.79 Å². The molecule has 1 aromatic rings. The van der Waals surface area contributed by atoms with Crippen molar-refractivity contribution < 1.29 is 14.3 Å². The van der Waals surface area contributed by atoms with Gasteiger partial charge in [0.15, 0.2) is 0 Å². The molecule has 1 N–H and O–H groups in total. The molecule has 2 fully saturated rings. The zero-order valence-corrected chi connectivity index (χ0v) is 17.2. The first kappa shape index (κ1) is 20.6. The average molecular weight is 388 g/mol. The molecule has 6 nitrogen and oxygen atoms in total. The van der Waals surface area contributed by atoms with Gasteiger partial charge < -0.3 is 15.0 Å². The molecular weight excluding hydrogens is 354 g/mol. The van der Waals surface area contributed by atoms with Crippen LogP contribution in [0.2, 0.25) is 0 Å². The Kier molecular flexibility index (Phi) is 7.31. The number of ether oxygens (including phenoxy) is 1. The van der Waals surface area contributed by atoms with Crippen molar-refractivity contribution in [2.45, 2.75) is 45.1 Å². The lowest BCUT2D eigenvalue weighted by atomic mass is 9.95. The number of nitrogens with zero attached hydrogens (tertiary/aromatic N) is 2. The lowest BCUT2D eigenvalue weighted by Gasteiger charge is -2.40. The highest BCUT2D eigenvalue weighted by Crippen LogP contribution is 2.31. The van der Waals surface area contributed by atoms with Gasteiger partial charge in [0.2, 0.25) is 5.91 Å². The van der Waals surface area contributed by atoms with Crippen molar-refractivity contribution in [2.24, 2.45) is 5.92 Å². The van der Waals surface area contributed by atoms with Crippen LogP contribution < -0.4 is 10.1 Å². The Hall–Kier alpha value is -2.08. The molecule has 0 unspecified atom stereocenters. The second-order valence-electron chi connectivity index (χ2n) is 7.81. The average Bonchev–Trinajstić information content (AvgIpc) is 3.26. The zero-order chi connectivity index (χ0) is 19.9. The third-order valence-electron chi connectivity index (χ3n) is 6.00. The molecule has 1 aliphatic heterocycles. The summed E-state index contributed by atoms with van der Waals surface area (Å²) >= 11 is 0. The summed E-state index contributed by atoms with van der Waals surface area (Å²) in [4.78, 5) is 30.0. The maximum atomic E-state index is 12.9. The minimum absolute atomic E-state index is 0.00458. The monoisotopic (exact) mass is 387 g/mol. The summed E-state index contributed by atoms with van der Waals surface area (Å²) in [6.07, 6.45) is 5.64. The lowest BCUT2D eigenvalue weighted by Crippen LogP contribution is -2.58. The van der Waals surface area contributed by atoms with Crippen LogP contribution in [0.5, 0.6) is 5.75 Å². The molecule has 1 atom stereocenters.